The zero-order chi connectivity index (χ0) is 13.9. The number of nitrogens with one attached hydrogen (secondary N) is 2. The Morgan fingerprint density at radius 1 is 1.16 bits per heavy atom. The monoisotopic (exact) mass is 265 g/mol. The van der Waals surface area contributed by atoms with Crippen LogP contribution in [0.1, 0.15) is 31.2 Å². The van der Waals surface area contributed by atoms with Crippen LogP contribution < -0.4 is 16.4 Å². The van der Waals surface area contributed by atoms with Crippen molar-refractivity contribution in [2.75, 3.05) is 0 Å². The first kappa shape index (κ1) is 13.3. The summed E-state index contributed by atoms with van der Waals surface area (Å²) in [5.74, 6) is -0.321. The summed E-state index contributed by atoms with van der Waals surface area (Å²) in [6.07, 6.45) is 3.44. The number of imide groups is 1. The average molecular weight is 265 g/mol. The van der Waals surface area contributed by atoms with E-state index in [2.05, 4.69) is 5.32 Å². The first-order valence-corrected chi connectivity index (χ1v) is 6.16. The third-order valence-electron chi connectivity index (χ3n) is 3.44. The van der Waals surface area contributed by atoms with Gasteiger partial charge in [-0.25, -0.2) is 14.0 Å². The predicted molar refractivity (Wildman–Crippen MR) is 67.8 cm³/mol. The molecule has 0 unspecified atom stereocenters. The second-order valence-corrected chi connectivity index (χ2v) is 4.74. The van der Waals surface area contributed by atoms with Crippen molar-refractivity contribution in [3.8, 4) is 0 Å². The number of rotatable bonds is 2. The van der Waals surface area contributed by atoms with E-state index in [-0.39, 0.29) is 5.82 Å². The van der Waals surface area contributed by atoms with Crippen molar-refractivity contribution in [2.24, 2.45) is 5.73 Å². The highest BCUT2D eigenvalue weighted by Crippen LogP contribution is 2.38. The van der Waals surface area contributed by atoms with Crippen LogP contribution in [0.25, 0.3) is 0 Å². The van der Waals surface area contributed by atoms with Crippen molar-refractivity contribution in [1.82, 2.24) is 10.6 Å². The molecule has 0 saturated heterocycles. The molecule has 1 aromatic carbocycles. The number of hydrogen-bond donors (Lipinski definition) is 3. The largest absolute Gasteiger partial charge is 0.351 e. The average Bonchev–Trinajstić information content (AvgIpc) is 2.78. The molecule has 4 amide bonds. The molecule has 0 spiro atoms. The quantitative estimate of drug-likeness (QED) is 0.763. The number of benzene rings is 1. The van der Waals surface area contributed by atoms with Crippen LogP contribution in [0.2, 0.25) is 0 Å². The van der Waals surface area contributed by atoms with Gasteiger partial charge in [0.15, 0.2) is 0 Å². The molecule has 1 fully saturated rings. The van der Waals surface area contributed by atoms with Gasteiger partial charge in [-0.2, -0.15) is 0 Å². The third-order valence-corrected chi connectivity index (χ3v) is 3.44. The SMILES string of the molecule is NC(=O)NC(=O)NC1(c2ccc(F)cc2)CCCC1. The van der Waals surface area contributed by atoms with Crippen LogP contribution in [0.4, 0.5) is 14.0 Å². The van der Waals surface area contributed by atoms with E-state index in [1.807, 2.05) is 5.32 Å². The molecule has 0 heterocycles. The zero-order valence-corrected chi connectivity index (χ0v) is 10.4. The molecular formula is C13H16FN3O2. The summed E-state index contributed by atoms with van der Waals surface area (Å²) in [6.45, 7) is 0. The fraction of sp³-hybridized carbons (Fsp3) is 0.385. The minimum absolute atomic E-state index is 0.321. The lowest BCUT2D eigenvalue weighted by atomic mass is 9.88. The smallest absolute Gasteiger partial charge is 0.323 e. The number of carbonyl (C=O) groups is 2. The molecular weight excluding hydrogens is 249 g/mol. The van der Waals surface area contributed by atoms with E-state index >= 15 is 0 Å². The molecule has 4 N–H and O–H groups in total. The summed E-state index contributed by atoms with van der Waals surface area (Å²) in [6, 6.07) is 4.52. The van der Waals surface area contributed by atoms with Gasteiger partial charge in [0.25, 0.3) is 0 Å². The Morgan fingerprint density at radius 2 is 1.74 bits per heavy atom. The van der Waals surface area contributed by atoms with Gasteiger partial charge in [0, 0.05) is 0 Å². The fourth-order valence-corrected chi connectivity index (χ4v) is 2.59. The minimum Gasteiger partial charge on any atom is -0.351 e. The molecule has 1 aliphatic rings. The van der Waals surface area contributed by atoms with Gasteiger partial charge in [0.2, 0.25) is 0 Å². The second-order valence-electron chi connectivity index (χ2n) is 4.74. The molecule has 19 heavy (non-hydrogen) atoms. The number of hydrogen-bond acceptors (Lipinski definition) is 2. The fourth-order valence-electron chi connectivity index (χ4n) is 2.59. The molecule has 0 atom stereocenters. The van der Waals surface area contributed by atoms with Crippen LogP contribution in [-0.2, 0) is 5.54 Å². The van der Waals surface area contributed by atoms with E-state index in [0.29, 0.717) is 0 Å². The Bertz CT molecular complexity index is 481. The van der Waals surface area contributed by atoms with Gasteiger partial charge in [0.05, 0.1) is 5.54 Å². The van der Waals surface area contributed by atoms with Crippen LogP contribution in [0.5, 0.6) is 0 Å². The Morgan fingerprint density at radius 3 is 2.26 bits per heavy atom. The van der Waals surface area contributed by atoms with E-state index in [1.165, 1.54) is 12.1 Å². The van der Waals surface area contributed by atoms with E-state index in [4.69, 9.17) is 5.73 Å². The number of halogens is 1. The number of carbonyl (C=O) groups excluding carboxylic acids is 2. The lowest BCUT2D eigenvalue weighted by Crippen LogP contribution is -2.51. The van der Waals surface area contributed by atoms with Gasteiger partial charge < -0.3 is 11.1 Å². The van der Waals surface area contributed by atoms with Gasteiger partial charge in [-0.3, -0.25) is 5.32 Å². The predicted octanol–water partition coefficient (Wildman–Crippen LogP) is 1.97. The highest BCUT2D eigenvalue weighted by Gasteiger charge is 2.37. The molecule has 6 heteroatoms. The number of urea groups is 2. The highest BCUT2D eigenvalue weighted by molar-refractivity contribution is 5.92. The van der Waals surface area contributed by atoms with Crippen molar-refractivity contribution < 1.29 is 14.0 Å². The van der Waals surface area contributed by atoms with Crippen molar-refractivity contribution in [3.05, 3.63) is 35.6 Å². The van der Waals surface area contributed by atoms with Gasteiger partial charge in [-0.15, -0.1) is 0 Å². The zero-order valence-electron chi connectivity index (χ0n) is 10.4. The molecule has 0 bridgehead atoms. The van der Waals surface area contributed by atoms with Crippen LogP contribution in [0, 0.1) is 5.82 Å². The van der Waals surface area contributed by atoms with Gasteiger partial charge in [-0.05, 0) is 30.5 Å². The molecule has 102 valence electrons. The number of primary amides is 1. The lowest BCUT2D eigenvalue weighted by molar-refractivity contribution is 0.219. The Hall–Kier alpha value is -2.11. The first-order chi connectivity index (χ1) is 9.02. The second kappa shape index (κ2) is 5.26. The minimum atomic E-state index is -0.898. The van der Waals surface area contributed by atoms with Crippen molar-refractivity contribution in [2.45, 2.75) is 31.2 Å². The van der Waals surface area contributed by atoms with Gasteiger partial charge >= 0.3 is 12.1 Å². The van der Waals surface area contributed by atoms with Crippen molar-refractivity contribution in [3.63, 3.8) is 0 Å². The summed E-state index contributed by atoms with van der Waals surface area (Å²) >= 11 is 0. The molecule has 1 aliphatic carbocycles. The van der Waals surface area contributed by atoms with Crippen molar-refractivity contribution >= 4 is 12.1 Å². The molecule has 1 saturated carbocycles. The van der Waals surface area contributed by atoms with Gasteiger partial charge in [0.1, 0.15) is 5.82 Å². The molecule has 5 nitrogen and oxygen atoms in total. The van der Waals surface area contributed by atoms with Crippen LogP contribution in [-0.4, -0.2) is 12.1 Å². The molecule has 0 radical (unpaired) electrons. The summed E-state index contributed by atoms with van der Waals surface area (Å²) in [5.41, 5.74) is 5.20. The van der Waals surface area contributed by atoms with E-state index < -0.39 is 17.6 Å². The first-order valence-electron chi connectivity index (χ1n) is 6.16. The summed E-state index contributed by atoms with van der Waals surface area (Å²) in [7, 11) is 0. The molecule has 0 aliphatic heterocycles. The topological polar surface area (TPSA) is 84.2 Å². The van der Waals surface area contributed by atoms with Gasteiger partial charge in [-0.1, -0.05) is 25.0 Å². The standard InChI is InChI=1S/C13H16FN3O2/c14-10-5-3-9(4-6-10)13(7-1-2-8-13)17-12(19)16-11(15)18/h3-6H,1-2,7-8H2,(H4,15,16,17,18,19). The molecule has 2 rings (SSSR count). The van der Waals surface area contributed by atoms with Crippen LogP contribution in [0.15, 0.2) is 24.3 Å². The van der Waals surface area contributed by atoms with E-state index in [9.17, 15) is 14.0 Å². The molecule has 1 aromatic rings. The maximum absolute atomic E-state index is 13.0. The molecule has 0 aromatic heterocycles. The Balaban J connectivity index is 2.20. The Labute approximate surface area is 110 Å². The van der Waals surface area contributed by atoms with Crippen molar-refractivity contribution in [1.29, 1.82) is 0 Å². The number of amides is 4. The normalized spacial score (nSPS) is 16.9. The number of nitrogens with two attached hydrogens (primary N) is 1. The summed E-state index contributed by atoms with van der Waals surface area (Å²) in [5, 5.41) is 4.78. The summed E-state index contributed by atoms with van der Waals surface area (Å²) in [4.78, 5) is 22.3. The Kier molecular flexibility index (Phi) is 3.69. The maximum atomic E-state index is 13.0. The van der Waals surface area contributed by atoms with E-state index in [0.717, 1.165) is 31.2 Å². The third kappa shape index (κ3) is 3.01. The maximum Gasteiger partial charge on any atom is 0.323 e. The van der Waals surface area contributed by atoms with Crippen LogP contribution >= 0.6 is 0 Å². The summed E-state index contributed by atoms with van der Waals surface area (Å²) < 4.78 is 13.0. The van der Waals surface area contributed by atoms with E-state index in [1.54, 1.807) is 12.1 Å². The van der Waals surface area contributed by atoms with Crippen LogP contribution in [0.3, 0.4) is 0 Å². The lowest BCUT2D eigenvalue weighted by Gasteiger charge is -2.30. The highest BCUT2D eigenvalue weighted by atomic mass is 19.1.